The maximum Gasteiger partial charge on any atom is 0.326 e. The van der Waals surface area contributed by atoms with Gasteiger partial charge in [-0.1, -0.05) is 30.7 Å². The maximum absolute atomic E-state index is 12.7. The van der Waals surface area contributed by atoms with Crippen LogP contribution >= 0.6 is 11.6 Å². The van der Waals surface area contributed by atoms with Crippen LogP contribution in [-0.4, -0.2) is 18.7 Å². The topological polar surface area (TPSA) is 41.6 Å². The van der Waals surface area contributed by atoms with Crippen LogP contribution in [0.2, 0.25) is 5.02 Å². The summed E-state index contributed by atoms with van der Waals surface area (Å²) >= 11 is 5.98. The van der Waals surface area contributed by atoms with Gasteiger partial charge in [-0.3, -0.25) is 4.90 Å². The van der Waals surface area contributed by atoms with Gasteiger partial charge in [-0.2, -0.15) is 0 Å². The molecule has 0 radical (unpaired) electrons. The van der Waals surface area contributed by atoms with Crippen molar-refractivity contribution in [3.63, 3.8) is 0 Å². The van der Waals surface area contributed by atoms with Gasteiger partial charge in [0.25, 0.3) is 0 Å². The summed E-state index contributed by atoms with van der Waals surface area (Å²) in [6.07, 6.45) is 0.837. The molecule has 0 spiro atoms. The van der Waals surface area contributed by atoms with E-state index in [1.165, 1.54) is 0 Å². The second-order valence-corrected chi connectivity index (χ2v) is 6.11. The van der Waals surface area contributed by atoms with E-state index in [4.69, 9.17) is 16.3 Å². The van der Waals surface area contributed by atoms with Gasteiger partial charge in [0, 0.05) is 10.7 Å². The number of amides is 2. The van der Waals surface area contributed by atoms with Crippen LogP contribution in [0.3, 0.4) is 0 Å². The minimum Gasteiger partial charge on any atom is -0.486 e. The van der Waals surface area contributed by atoms with E-state index < -0.39 is 0 Å². The van der Waals surface area contributed by atoms with E-state index in [1.54, 1.807) is 17.0 Å². The van der Waals surface area contributed by atoms with Gasteiger partial charge in [0.05, 0.1) is 12.2 Å². The summed E-state index contributed by atoms with van der Waals surface area (Å²) in [6.45, 7) is 4.58. The van der Waals surface area contributed by atoms with E-state index >= 15 is 0 Å². The first-order chi connectivity index (χ1) is 11.1. The van der Waals surface area contributed by atoms with E-state index in [1.807, 2.05) is 37.3 Å². The Kier molecular flexibility index (Phi) is 4.44. The fourth-order valence-corrected chi connectivity index (χ4v) is 2.81. The van der Waals surface area contributed by atoms with E-state index in [0.717, 1.165) is 23.4 Å². The quantitative estimate of drug-likeness (QED) is 0.854. The molecule has 0 saturated heterocycles. The highest BCUT2D eigenvalue weighted by Gasteiger charge is 2.29. The summed E-state index contributed by atoms with van der Waals surface area (Å²) in [5.74, 6) is 0.745. The van der Waals surface area contributed by atoms with E-state index in [0.29, 0.717) is 17.3 Å². The van der Waals surface area contributed by atoms with Crippen molar-refractivity contribution < 1.29 is 9.53 Å². The van der Waals surface area contributed by atoms with Gasteiger partial charge in [-0.15, -0.1) is 0 Å². The molecule has 1 heterocycles. The Bertz CT molecular complexity index is 733. The summed E-state index contributed by atoms with van der Waals surface area (Å²) in [6, 6.07) is 12.8. The predicted octanol–water partition coefficient (Wildman–Crippen LogP) is 4.86. The molecule has 0 bridgehead atoms. The normalized spacial score (nSPS) is 16.5. The predicted molar refractivity (Wildman–Crippen MR) is 93.7 cm³/mol. The number of halogens is 1. The van der Waals surface area contributed by atoms with Crippen molar-refractivity contribution in [1.29, 1.82) is 0 Å². The Morgan fingerprint density at radius 1 is 1.35 bits per heavy atom. The average molecular weight is 331 g/mol. The van der Waals surface area contributed by atoms with E-state index in [2.05, 4.69) is 12.2 Å². The average Bonchev–Trinajstić information content (AvgIpc) is 2.53. The van der Waals surface area contributed by atoms with Gasteiger partial charge in [0.1, 0.15) is 11.9 Å². The Labute approximate surface area is 141 Å². The third-order valence-corrected chi connectivity index (χ3v) is 4.10. The van der Waals surface area contributed by atoms with Gasteiger partial charge in [-0.05, 0) is 49.2 Å². The summed E-state index contributed by atoms with van der Waals surface area (Å²) in [5.41, 5.74) is 2.56. The zero-order valence-corrected chi connectivity index (χ0v) is 13.9. The van der Waals surface area contributed by atoms with Crippen molar-refractivity contribution in [2.45, 2.75) is 26.4 Å². The SMILES string of the molecule is CCC1CN(C(=O)Nc2cccc(Cl)c2)c2cc(C)ccc2O1. The van der Waals surface area contributed by atoms with Gasteiger partial charge < -0.3 is 10.1 Å². The van der Waals surface area contributed by atoms with Crippen LogP contribution in [0.15, 0.2) is 42.5 Å². The number of anilines is 2. The highest BCUT2D eigenvalue weighted by atomic mass is 35.5. The molecule has 0 aliphatic carbocycles. The molecule has 1 N–H and O–H groups in total. The molecule has 5 heteroatoms. The molecule has 2 aromatic carbocycles. The van der Waals surface area contributed by atoms with Crippen molar-refractivity contribution >= 4 is 29.0 Å². The molecular formula is C18H19ClN2O2. The summed E-state index contributed by atoms with van der Waals surface area (Å²) in [5, 5.41) is 3.49. The molecule has 2 amide bonds. The molecule has 120 valence electrons. The van der Waals surface area contributed by atoms with Crippen LogP contribution in [0.5, 0.6) is 5.75 Å². The molecule has 3 rings (SSSR count). The lowest BCUT2D eigenvalue weighted by Crippen LogP contribution is -2.45. The maximum atomic E-state index is 12.7. The van der Waals surface area contributed by atoms with Crippen molar-refractivity contribution in [3.8, 4) is 5.75 Å². The van der Waals surface area contributed by atoms with Gasteiger partial charge in [0.15, 0.2) is 0 Å². The summed E-state index contributed by atoms with van der Waals surface area (Å²) in [7, 11) is 0. The lowest BCUT2D eigenvalue weighted by molar-refractivity contribution is 0.188. The second kappa shape index (κ2) is 6.50. The monoisotopic (exact) mass is 330 g/mol. The number of benzene rings is 2. The van der Waals surface area contributed by atoms with E-state index in [-0.39, 0.29) is 12.1 Å². The molecule has 23 heavy (non-hydrogen) atoms. The van der Waals surface area contributed by atoms with Crippen molar-refractivity contribution in [1.82, 2.24) is 0 Å². The number of urea groups is 1. The number of fused-ring (bicyclic) bond motifs is 1. The second-order valence-electron chi connectivity index (χ2n) is 5.67. The van der Waals surface area contributed by atoms with Gasteiger partial charge in [-0.25, -0.2) is 4.79 Å². The number of carbonyl (C=O) groups is 1. The molecule has 0 aromatic heterocycles. The van der Waals surface area contributed by atoms with Gasteiger partial charge >= 0.3 is 6.03 Å². The number of ether oxygens (including phenoxy) is 1. The Hall–Kier alpha value is -2.20. The van der Waals surface area contributed by atoms with Crippen LogP contribution in [0.4, 0.5) is 16.2 Å². The highest BCUT2D eigenvalue weighted by Crippen LogP contribution is 2.35. The van der Waals surface area contributed by atoms with Crippen LogP contribution in [0, 0.1) is 6.92 Å². The first-order valence-corrected chi connectivity index (χ1v) is 8.06. The Morgan fingerprint density at radius 3 is 2.91 bits per heavy atom. The molecule has 2 aromatic rings. The Balaban J connectivity index is 1.88. The number of hydrogen-bond donors (Lipinski definition) is 1. The fourth-order valence-electron chi connectivity index (χ4n) is 2.62. The fraction of sp³-hybridized carbons (Fsp3) is 0.278. The summed E-state index contributed by atoms with van der Waals surface area (Å²) < 4.78 is 5.94. The first kappa shape index (κ1) is 15.7. The van der Waals surface area contributed by atoms with Crippen LogP contribution in [0.1, 0.15) is 18.9 Å². The summed E-state index contributed by atoms with van der Waals surface area (Å²) in [4.78, 5) is 14.5. The number of nitrogens with one attached hydrogen (secondary N) is 1. The minimum atomic E-state index is -0.180. The molecule has 1 unspecified atom stereocenters. The molecule has 0 saturated carbocycles. The molecule has 4 nitrogen and oxygen atoms in total. The van der Waals surface area contributed by atoms with Crippen LogP contribution in [0.25, 0.3) is 0 Å². The zero-order chi connectivity index (χ0) is 16.4. The Morgan fingerprint density at radius 2 is 2.17 bits per heavy atom. The van der Waals surface area contributed by atoms with Crippen molar-refractivity contribution in [3.05, 3.63) is 53.1 Å². The number of carbonyl (C=O) groups excluding carboxylic acids is 1. The third-order valence-electron chi connectivity index (χ3n) is 3.86. The van der Waals surface area contributed by atoms with Crippen LogP contribution < -0.4 is 15.0 Å². The number of aryl methyl sites for hydroxylation is 1. The van der Waals surface area contributed by atoms with Gasteiger partial charge in [0.2, 0.25) is 0 Å². The molecule has 0 fully saturated rings. The van der Waals surface area contributed by atoms with Crippen molar-refractivity contribution in [2.24, 2.45) is 0 Å². The lowest BCUT2D eigenvalue weighted by Gasteiger charge is -2.34. The largest absolute Gasteiger partial charge is 0.486 e. The van der Waals surface area contributed by atoms with Crippen LogP contribution in [-0.2, 0) is 0 Å². The molecule has 1 aliphatic rings. The molecule has 1 aliphatic heterocycles. The number of hydrogen-bond acceptors (Lipinski definition) is 2. The zero-order valence-electron chi connectivity index (χ0n) is 13.2. The minimum absolute atomic E-state index is 0.00434. The first-order valence-electron chi connectivity index (χ1n) is 7.68. The third kappa shape index (κ3) is 3.42. The number of rotatable bonds is 2. The smallest absolute Gasteiger partial charge is 0.326 e. The molecular weight excluding hydrogens is 312 g/mol. The standard InChI is InChI=1S/C18H19ClN2O2/c1-3-15-11-21(16-9-12(2)7-8-17(16)23-15)18(22)20-14-6-4-5-13(19)10-14/h4-10,15H,3,11H2,1-2H3,(H,20,22). The highest BCUT2D eigenvalue weighted by molar-refractivity contribution is 6.30. The van der Waals surface area contributed by atoms with E-state index in [9.17, 15) is 4.79 Å². The number of nitrogens with zero attached hydrogens (tertiary/aromatic N) is 1. The lowest BCUT2D eigenvalue weighted by atomic mass is 10.1. The molecule has 1 atom stereocenters. The van der Waals surface area contributed by atoms with Crippen molar-refractivity contribution in [2.75, 3.05) is 16.8 Å².